The molecule has 8 nitrogen and oxygen atoms in total. The van der Waals surface area contributed by atoms with Crippen LogP contribution in [-0.4, -0.2) is 58.1 Å². The van der Waals surface area contributed by atoms with E-state index in [1.807, 2.05) is 13.0 Å². The lowest BCUT2D eigenvalue weighted by Crippen LogP contribution is -2.31. The minimum atomic E-state index is -0.452. The molecule has 0 saturated heterocycles. The molecule has 1 aliphatic heterocycles. The third-order valence-corrected chi connectivity index (χ3v) is 5.43. The van der Waals surface area contributed by atoms with Crippen LogP contribution in [0.5, 0.6) is 17.2 Å². The molecule has 4 rings (SSSR count). The van der Waals surface area contributed by atoms with E-state index in [0.29, 0.717) is 54.4 Å². The second kappa shape index (κ2) is 8.69. The Morgan fingerprint density at radius 3 is 2.71 bits per heavy atom. The van der Waals surface area contributed by atoms with Crippen LogP contribution in [0.25, 0.3) is 11.3 Å². The van der Waals surface area contributed by atoms with Gasteiger partial charge in [0.15, 0.2) is 11.5 Å². The van der Waals surface area contributed by atoms with Crippen molar-refractivity contribution in [3.05, 3.63) is 59.3 Å². The lowest BCUT2D eigenvalue weighted by Gasteiger charge is -2.27. The van der Waals surface area contributed by atoms with Crippen molar-refractivity contribution in [1.29, 1.82) is 0 Å². The highest BCUT2D eigenvalue weighted by Crippen LogP contribution is 2.45. The number of rotatable bonds is 8. The molecule has 1 amide bonds. The third-order valence-electron chi connectivity index (χ3n) is 5.43. The minimum Gasteiger partial charge on any atom is -0.507 e. The fourth-order valence-electron chi connectivity index (χ4n) is 4.00. The lowest BCUT2D eigenvalue weighted by atomic mass is 9.95. The molecule has 8 heteroatoms. The average Bonchev–Trinajstić information content (AvgIpc) is 3.31. The molecule has 0 radical (unpaired) electrons. The van der Waals surface area contributed by atoms with Crippen LogP contribution in [0.3, 0.4) is 0 Å². The van der Waals surface area contributed by atoms with Crippen LogP contribution in [0.4, 0.5) is 0 Å². The Labute approximate surface area is 180 Å². The molecule has 0 saturated carbocycles. The predicted octanol–water partition coefficient (Wildman–Crippen LogP) is 3.47. The number of phenolic OH excluding ortho intramolecular Hbond substituents is 2. The van der Waals surface area contributed by atoms with Gasteiger partial charge in [0, 0.05) is 30.9 Å². The molecule has 1 atom stereocenters. The molecule has 31 heavy (non-hydrogen) atoms. The van der Waals surface area contributed by atoms with E-state index in [2.05, 4.69) is 10.2 Å². The van der Waals surface area contributed by atoms with E-state index in [9.17, 15) is 15.0 Å². The number of hydrogen-bond acceptors (Lipinski definition) is 6. The van der Waals surface area contributed by atoms with E-state index in [1.54, 1.807) is 41.3 Å². The summed E-state index contributed by atoms with van der Waals surface area (Å²) in [4.78, 5) is 15.0. The second-order valence-corrected chi connectivity index (χ2v) is 7.26. The lowest BCUT2D eigenvalue weighted by molar-refractivity contribution is 0.0710. The maximum atomic E-state index is 13.3. The number of phenols is 2. The fraction of sp³-hybridized carbons (Fsp3) is 0.304. The number of H-pyrrole nitrogens is 1. The largest absolute Gasteiger partial charge is 0.507 e. The van der Waals surface area contributed by atoms with Gasteiger partial charge in [-0.1, -0.05) is 18.2 Å². The highest BCUT2D eigenvalue weighted by atomic mass is 16.5. The molecule has 0 aliphatic carbocycles. The van der Waals surface area contributed by atoms with Gasteiger partial charge in [0.1, 0.15) is 17.1 Å². The number of aromatic hydroxyl groups is 2. The first kappa shape index (κ1) is 20.7. The number of ether oxygens (including phenoxy) is 2. The van der Waals surface area contributed by atoms with E-state index >= 15 is 0 Å². The molecule has 0 unspecified atom stereocenters. The van der Waals surface area contributed by atoms with Gasteiger partial charge in [0.2, 0.25) is 0 Å². The van der Waals surface area contributed by atoms with Crippen molar-refractivity contribution < 1.29 is 24.5 Å². The van der Waals surface area contributed by atoms with Crippen LogP contribution >= 0.6 is 0 Å². The number of methoxy groups -OCH3 is 1. The molecule has 1 aliphatic rings. The Balaban J connectivity index is 1.82. The Bertz CT molecular complexity index is 1090. The van der Waals surface area contributed by atoms with Gasteiger partial charge in [0.05, 0.1) is 13.2 Å². The molecule has 3 N–H and O–H groups in total. The average molecular weight is 423 g/mol. The van der Waals surface area contributed by atoms with Gasteiger partial charge in [-0.25, -0.2) is 0 Å². The summed E-state index contributed by atoms with van der Waals surface area (Å²) in [6, 6.07) is 11.5. The van der Waals surface area contributed by atoms with E-state index < -0.39 is 6.04 Å². The number of fused-ring (bicyclic) bond motifs is 1. The van der Waals surface area contributed by atoms with Crippen molar-refractivity contribution in [3.8, 4) is 28.5 Å². The number of carbonyl (C=O) groups is 1. The standard InChI is InChI=1S/C23H25N3O5/c1-3-31-12-6-11-26-22(14-9-10-17(28)18(13-14)30-2)19-20(24-25-21(19)23(26)29)15-7-4-5-8-16(15)27/h4-5,7-10,13,22,27-28H,3,6,11-12H2,1-2H3,(H,24,25)/t22-/m1/s1. The SMILES string of the molecule is CCOCCCN1C(=O)c2[nH]nc(-c3ccccc3O)c2[C@H]1c1ccc(O)c(OC)c1. The smallest absolute Gasteiger partial charge is 0.273 e. The summed E-state index contributed by atoms with van der Waals surface area (Å²) >= 11 is 0. The summed E-state index contributed by atoms with van der Waals surface area (Å²) in [5.74, 6) is 0.255. The topological polar surface area (TPSA) is 108 Å². The highest BCUT2D eigenvalue weighted by Gasteiger charge is 2.42. The zero-order valence-electron chi connectivity index (χ0n) is 17.5. The zero-order chi connectivity index (χ0) is 22.0. The Morgan fingerprint density at radius 2 is 1.97 bits per heavy atom. The molecule has 0 fully saturated rings. The Kier molecular flexibility index (Phi) is 5.81. The van der Waals surface area contributed by atoms with Crippen LogP contribution in [0.2, 0.25) is 0 Å². The van der Waals surface area contributed by atoms with E-state index in [1.165, 1.54) is 7.11 Å². The van der Waals surface area contributed by atoms with Gasteiger partial charge in [-0.3, -0.25) is 9.89 Å². The number of aromatic nitrogens is 2. The Morgan fingerprint density at radius 1 is 1.16 bits per heavy atom. The van der Waals surface area contributed by atoms with Crippen LogP contribution in [0.15, 0.2) is 42.5 Å². The number of carbonyl (C=O) groups excluding carboxylic acids is 1. The van der Waals surface area contributed by atoms with Crippen molar-refractivity contribution >= 4 is 5.91 Å². The number of amides is 1. The maximum Gasteiger partial charge on any atom is 0.273 e. The van der Waals surface area contributed by atoms with Gasteiger partial charge >= 0.3 is 0 Å². The summed E-state index contributed by atoms with van der Waals surface area (Å²) in [7, 11) is 1.48. The molecule has 0 bridgehead atoms. The summed E-state index contributed by atoms with van der Waals surface area (Å²) < 4.78 is 10.7. The quantitative estimate of drug-likeness (QED) is 0.479. The molecule has 2 heterocycles. The molecule has 162 valence electrons. The van der Waals surface area contributed by atoms with E-state index in [-0.39, 0.29) is 17.4 Å². The summed E-state index contributed by atoms with van der Waals surface area (Å²) in [5, 5.41) is 27.7. The number of para-hydroxylation sites is 1. The Hall–Kier alpha value is -3.52. The van der Waals surface area contributed by atoms with E-state index in [4.69, 9.17) is 9.47 Å². The van der Waals surface area contributed by atoms with Gasteiger partial charge in [-0.15, -0.1) is 0 Å². The minimum absolute atomic E-state index is 0.0202. The van der Waals surface area contributed by atoms with Crippen molar-refractivity contribution in [3.63, 3.8) is 0 Å². The monoisotopic (exact) mass is 423 g/mol. The van der Waals surface area contributed by atoms with Crippen LogP contribution in [-0.2, 0) is 4.74 Å². The number of nitrogens with one attached hydrogen (secondary N) is 1. The first-order chi connectivity index (χ1) is 15.1. The van der Waals surface area contributed by atoms with Crippen molar-refractivity contribution in [2.24, 2.45) is 0 Å². The highest BCUT2D eigenvalue weighted by molar-refractivity contribution is 6.00. The van der Waals surface area contributed by atoms with Gasteiger partial charge in [-0.2, -0.15) is 5.10 Å². The molecule has 3 aromatic rings. The number of hydrogen-bond donors (Lipinski definition) is 3. The van der Waals surface area contributed by atoms with Gasteiger partial charge in [-0.05, 0) is 43.2 Å². The maximum absolute atomic E-state index is 13.3. The molecule has 2 aromatic carbocycles. The van der Waals surface area contributed by atoms with Gasteiger partial charge < -0.3 is 24.6 Å². The second-order valence-electron chi connectivity index (χ2n) is 7.26. The summed E-state index contributed by atoms with van der Waals surface area (Å²) in [5.41, 5.74) is 2.92. The predicted molar refractivity (Wildman–Crippen MR) is 114 cm³/mol. The molecule has 1 aromatic heterocycles. The van der Waals surface area contributed by atoms with Crippen LogP contribution in [0.1, 0.15) is 41.0 Å². The number of benzene rings is 2. The normalized spacial score (nSPS) is 15.4. The first-order valence-corrected chi connectivity index (χ1v) is 10.2. The first-order valence-electron chi connectivity index (χ1n) is 10.2. The summed E-state index contributed by atoms with van der Waals surface area (Å²) in [6.45, 7) is 3.58. The fourth-order valence-corrected chi connectivity index (χ4v) is 4.00. The van der Waals surface area contributed by atoms with Crippen molar-refractivity contribution in [1.82, 2.24) is 15.1 Å². The van der Waals surface area contributed by atoms with Gasteiger partial charge in [0.25, 0.3) is 5.91 Å². The van der Waals surface area contributed by atoms with Crippen LogP contribution in [0, 0.1) is 0 Å². The molecular formula is C23H25N3O5. The number of aromatic amines is 1. The van der Waals surface area contributed by atoms with Crippen LogP contribution < -0.4 is 4.74 Å². The third kappa shape index (κ3) is 3.70. The molecular weight excluding hydrogens is 398 g/mol. The van der Waals surface area contributed by atoms with Crippen molar-refractivity contribution in [2.45, 2.75) is 19.4 Å². The summed E-state index contributed by atoms with van der Waals surface area (Å²) in [6.07, 6.45) is 0.676. The zero-order valence-corrected chi connectivity index (χ0v) is 17.5. The number of nitrogens with zero attached hydrogens (tertiary/aromatic N) is 2. The van der Waals surface area contributed by atoms with E-state index in [0.717, 1.165) is 5.56 Å². The van der Waals surface area contributed by atoms with Crippen molar-refractivity contribution in [2.75, 3.05) is 26.9 Å². The molecule has 0 spiro atoms.